The van der Waals surface area contributed by atoms with E-state index in [1.54, 1.807) is 13.8 Å². The SMILES string of the molecule is C=O.CCN(CC)CC.CCOP(=O)(CO)OCC.CCOP(OCC)OCC.[CH2+]CO[P+](=O)OC[CH2+]. The summed E-state index contributed by atoms with van der Waals surface area (Å²) in [5, 5.41) is 8.53. The van der Waals surface area contributed by atoms with Crippen LogP contribution < -0.4 is 0 Å². The minimum atomic E-state index is -3.14. The predicted molar refractivity (Wildman–Crippen MR) is 151 cm³/mol. The second kappa shape index (κ2) is 40.3. The first kappa shape index (κ1) is 46.6. The molecular formula is C22H53NO11P3+3. The lowest BCUT2D eigenvalue weighted by Crippen LogP contribution is -2.21. The molecule has 224 valence electrons. The maximum absolute atomic E-state index is 11.1. The largest absolute Gasteiger partial charge is 0.706 e. The highest BCUT2D eigenvalue weighted by Gasteiger charge is 2.21. The van der Waals surface area contributed by atoms with Crippen molar-refractivity contribution in [2.75, 3.05) is 72.2 Å². The highest BCUT2D eigenvalue weighted by molar-refractivity contribution is 7.53. The minimum absolute atomic E-state index is 0.162. The summed E-state index contributed by atoms with van der Waals surface area (Å²) in [7, 11) is -6.16. The van der Waals surface area contributed by atoms with E-state index in [1.165, 1.54) is 19.6 Å². The summed E-state index contributed by atoms with van der Waals surface area (Å²) in [5.74, 6) is 0. The third-order valence-corrected chi connectivity index (χ3v) is 7.11. The van der Waals surface area contributed by atoms with Crippen LogP contribution in [0.1, 0.15) is 55.4 Å². The lowest BCUT2D eigenvalue weighted by molar-refractivity contribution is -0.0980. The van der Waals surface area contributed by atoms with E-state index < -0.39 is 30.8 Å². The van der Waals surface area contributed by atoms with E-state index in [0.29, 0.717) is 19.8 Å². The van der Waals surface area contributed by atoms with E-state index in [4.69, 9.17) is 32.5 Å². The molecule has 0 aliphatic rings. The van der Waals surface area contributed by atoms with Crippen molar-refractivity contribution < 1.29 is 50.7 Å². The fraction of sp³-hybridized carbons (Fsp3) is 0.864. The fourth-order valence-corrected chi connectivity index (χ4v) is 4.05. The van der Waals surface area contributed by atoms with Gasteiger partial charge in [0.1, 0.15) is 13.1 Å². The van der Waals surface area contributed by atoms with Gasteiger partial charge in [0.2, 0.25) is 13.2 Å². The van der Waals surface area contributed by atoms with Crippen molar-refractivity contribution in [2.45, 2.75) is 55.4 Å². The molecule has 0 unspecified atom stereocenters. The Bertz CT molecular complexity index is 439. The molecule has 0 saturated carbocycles. The van der Waals surface area contributed by atoms with Crippen molar-refractivity contribution >= 4 is 31.2 Å². The normalized spacial score (nSPS) is 10.1. The number of aliphatic hydroxyl groups excluding tert-OH is 1. The summed E-state index contributed by atoms with van der Waals surface area (Å²) in [5.41, 5.74) is 0. The highest BCUT2D eigenvalue weighted by Crippen LogP contribution is 2.46. The minimum Gasteiger partial charge on any atom is -0.384 e. The molecule has 0 saturated heterocycles. The number of aliphatic hydroxyl groups is 1. The first-order valence-corrected chi connectivity index (χ1v) is 16.1. The van der Waals surface area contributed by atoms with Crippen LogP contribution in [-0.2, 0) is 45.6 Å². The zero-order chi connectivity index (χ0) is 30.0. The summed E-state index contributed by atoms with van der Waals surface area (Å²) in [6, 6.07) is 0. The molecule has 0 aromatic carbocycles. The second-order valence-corrected chi connectivity index (χ2v) is 9.78. The fourth-order valence-electron chi connectivity index (χ4n) is 1.80. The molecule has 0 aromatic rings. The molecule has 1 N–H and O–H groups in total. The van der Waals surface area contributed by atoms with E-state index >= 15 is 0 Å². The molecule has 0 aromatic heterocycles. The number of hydrogen-bond donors (Lipinski definition) is 1. The molecule has 0 radical (unpaired) electrons. The Morgan fingerprint density at radius 2 is 1.08 bits per heavy atom. The van der Waals surface area contributed by atoms with Gasteiger partial charge in [-0.25, -0.2) is 0 Å². The van der Waals surface area contributed by atoms with Crippen LogP contribution in [0.25, 0.3) is 0 Å². The van der Waals surface area contributed by atoms with Crippen LogP contribution in [0.4, 0.5) is 0 Å². The highest BCUT2D eigenvalue weighted by atomic mass is 31.2. The van der Waals surface area contributed by atoms with E-state index in [9.17, 15) is 9.13 Å². The van der Waals surface area contributed by atoms with E-state index in [1.807, 2.05) is 27.6 Å². The summed E-state index contributed by atoms with van der Waals surface area (Å²) < 4.78 is 55.0. The van der Waals surface area contributed by atoms with Gasteiger partial charge in [0.25, 0.3) is 0 Å². The van der Waals surface area contributed by atoms with Crippen LogP contribution in [0.3, 0.4) is 0 Å². The van der Waals surface area contributed by atoms with Gasteiger partial charge in [-0.15, -0.1) is 0 Å². The van der Waals surface area contributed by atoms with Crippen LogP contribution in [0.5, 0.6) is 0 Å². The molecule has 0 fully saturated rings. The van der Waals surface area contributed by atoms with Crippen molar-refractivity contribution in [1.29, 1.82) is 0 Å². The van der Waals surface area contributed by atoms with Crippen molar-refractivity contribution in [3.05, 3.63) is 13.8 Å². The van der Waals surface area contributed by atoms with Gasteiger partial charge in [0, 0.05) is 4.57 Å². The molecule has 0 bridgehead atoms. The molecule has 0 heterocycles. The second-order valence-electron chi connectivity index (χ2n) is 5.57. The van der Waals surface area contributed by atoms with Crippen molar-refractivity contribution in [1.82, 2.24) is 4.90 Å². The number of carbonyl (C=O) groups is 1. The Morgan fingerprint density at radius 1 is 0.757 bits per heavy atom. The van der Waals surface area contributed by atoms with Gasteiger partial charge in [-0.2, -0.15) is 0 Å². The van der Waals surface area contributed by atoms with Crippen LogP contribution in [0.2, 0.25) is 0 Å². The third-order valence-electron chi connectivity index (χ3n) is 3.26. The number of nitrogens with zero attached hydrogens (tertiary/aromatic N) is 1. The zero-order valence-electron chi connectivity index (χ0n) is 24.2. The molecule has 0 aliphatic carbocycles. The molecule has 0 amide bonds. The summed E-state index contributed by atoms with van der Waals surface area (Å²) in [4.78, 5) is 10.4. The van der Waals surface area contributed by atoms with Crippen molar-refractivity contribution in [3.63, 3.8) is 0 Å². The van der Waals surface area contributed by atoms with Gasteiger partial charge in [-0.1, -0.05) is 29.8 Å². The Hall–Kier alpha value is -0.190. The smallest absolute Gasteiger partial charge is 0.384 e. The topological polar surface area (TPSA) is 139 Å². The first-order chi connectivity index (χ1) is 17.7. The molecular weight excluding hydrogens is 547 g/mol. The van der Waals surface area contributed by atoms with Gasteiger partial charge in [-0.05, 0) is 54.3 Å². The average molecular weight is 601 g/mol. The number of carbonyl (C=O) groups excluding carboxylic acids is 1. The monoisotopic (exact) mass is 600 g/mol. The Balaban J connectivity index is -0.000000121. The number of rotatable bonds is 18. The lowest BCUT2D eigenvalue weighted by Gasteiger charge is -2.13. The van der Waals surface area contributed by atoms with E-state index in [-0.39, 0.29) is 26.4 Å². The van der Waals surface area contributed by atoms with Gasteiger partial charge in [0.05, 0.1) is 46.9 Å². The van der Waals surface area contributed by atoms with Gasteiger partial charge in [0.15, 0.2) is 0 Å². The quantitative estimate of drug-likeness (QED) is 0.145. The Kier molecular flexibility index (Phi) is 50.8. The van der Waals surface area contributed by atoms with Gasteiger partial charge >= 0.3 is 24.5 Å². The average Bonchev–Trinajstić information content (AvgIpc) is 2.89. The zero-order valence-corrected chi connectivity index (χ0v) is 26.9. The standard InChI is InChI=1S/C6H15N.C6H15O3P.C5H13O4P.C4H8O3P.CH2O/c1-4-7(5-2)6-3;1-4-7-10(8-5-2)9-6-3;1-3-8-10(7,5-6)9-4-2;1-3-6-8(5)7-4-2;1-2/h4-6H2,1-3H3;4-6H2,1-3H3;6H,3-5H2,1-2H3;1-4H2;1H2/q;;;+3;. The molecule has 0 aliphatic heterocycles. The number of hydrogen-bond acceptors (Lipinski definition) is 12. The van der Waals surface area contributed by atoms with E-state index in [0.717, 1.165) is 0 Å². The van der Waals surface area contributed by atoms with Crippen LogP contribution in [0.15, 0.2) is 0 Å². The molecule has 0 spiro atoms. The van der Waals surface area contributed by atoms with Crippen molar-refractivity contribution in [2.24, 2.45) is 0 Å². The Labute approximate surface area is 228 Å². The van der Waals surface area contributed by atoms with Gasteiger partial charge < -0.3 is 37.4 Å². The maximum Gasteiger partial charge on any atom is 0.706 e. The van der Waals surface area contributed by atoms with Crippen molar-refractivity contribution in [3.8, 4) is 0 Å². The predicted octanol–water partition coefficient (Wildman–Crippen LogP) is 6.03. The molecule has 0 rings (SSSR count). The molecule has 12 nitrogen and oxygen atoms in total. The summed E-state index contributed by atoms with van der Waals surface area (Å²) >= 11 is 0. The van der Waals surface area contributed by atoms with Crippen LogP contribution in [0, 0.1) is 13.8 Å². The van der Waals surface area contributed by atoms with Crippen LogP contribution in [-0.4, -0.2) is 89.0 Å². The summed E-state index contributed by atoms with van der Waals surface area (Å²) in [6.45, 7) is 30.7. The lowest BCUT2D eigenvalue weighted by atomic mass is 10.5. The molecule has 15 heteroatoms. The summed E-state index contributed by atoms with van der Waals surface area (Å²) in [6.07, 6.45) is -0.547. The first-order valence-electron chi connectivity index (χ1n) is 12.2. The molecule has 0 atom stereocenters. The van der Waals surface area contributed by atoms with E-state index in [2.05, 4.69) is 48.6 Å². The Morgan fingerprint density at radius 3 is 1.24 bits per heavy atom. The third kappa shape index (κ3) is 40.5. The van der Waals surface area contributed by atoms with Crippen LogP contribution >= 0.6 is 24.5 Å². The molecule has 37 heavy (non-hydrogen) atoms. The maximum atomic E-state index is 11.1. The van der Waals surface area contributed by atoms with Gasteiger partial charge in [-0.3, -0.25) is 4.57 Å².